The highest BCUT2D eigenvalue weighted by Crippen LogP contribution is 2.25. The molecule has 1 atom stereocenters. The van der Waals surface area contributed by atoms with E-state index in [4.69, 9.17) is 4.74 Å². The van der Waals surface area contributed by atoms with Gasteiger partial charge in [-0.2, -0.15) is 0 Å². The van der Waals surface area contributed by atoms with Crippen LogP contribution in [0.1, 0.15) is 35.8 Å². The van der Waals surface area contributed by atoms with Crippen LogP contribution in [0.4, 0.5) is 11.4 Å². The number of amides is 1. The van der Waals surface area contributed by atoms with Crippen molar-refractivity contribution in [2.24, 2.45) is 0 Å². The summed E-state index contributed by atoms with van der Waals surface area (Å²) in [6, 6.07) is 12.1. The van der Waals surface area contributed by atoms with Crippen molar-refractivity contribution in [1.82, 2.24) is 10.3 Å². The van der Waals surface area contributed by atoms with Gasteiger partial charge in [-0.05, 0) is 56.5 Å². The van der Waals surface area contributed by atoms with Gasteiger partial charge in [0.05, 0.1) is 18.0 Å². The summed E-state index contributed by atoms with van der Waals surface area (Å²) < 4.78 is 5.52. The number of aromatic nitrogens is 1. The smallest absolute Gasteiger partial charge is 0.269 e. The van der Waals surface area contributed by atoms with Crippen molar-refractivity contribution >= 4 is 17.3 Å². The fourth-order valence-electron chi connectivity index (χ4n) is 3.09. The van der Waals surface area contributed by atoms with Crippen molar-refractivity contribution in [2.45, 2.75) is 32.8 Å². The second-order valence-corrected chi connectivity index (χ2v) is 6.33. The minimum Gasteiger partial charge on any atom is -0.376 e. The number of pyridine rings is 1. The highest BCUT2D eigenvalue weighted by Gasteiger charge is 2.17. The Bertz CT molecular complexity index is 709. The van der Waals surface area contributed by atoms with Crippen LogP contribution < -0.4 is 10.2 Å². The molecule has 1 aliphatic heterocycles. The van der Waals surface area contributed by atoms with Crippen molar-refractivity contribution in [3.8, 4) is 0 Å². The summed E-state index contributed by atoms with van der Waals surface area (Å²) in [7, 11) is 0. The number of nitrogens with one attached hydrogen (secondary N) is 1. The highest BCUT2D eigenvalue weighted by atomic mass is 16.5. The Kier molecular flexibility index (Phi) is 5.66. The topological polar surface area (TPSA) is 54.5 Å². The first kappa shape index (κ1) is 17.4. The zero-order valence-electron chi connectivity index (χ0n) is 14.9. The lowest BCUT2D eigenvalue weighted by Crippen LogP contribution is -2.32. The van der Waals surface area contributed by atoms with Crippen molar-refractivity contribution in [3.05, 3.63) is 53.9 Å². The summed E-state index contributed by atoms with van der Waals surface area (Å²) in [5.74, 6) is -0.152. The SMILES string of the molecule is CCN(c1ccc(C(=O)NCC2CCCO2)nc1)c1cccc(C)c1. The summed E-state index contributed by atoms with van der Waals surface area (Å²) in [6.45, 7) is 6.35. The number of rotatable bonds is 6. The third kappa shape index (κ3) is 4.37. The summed E-state index contributed by atoms with van der Waals surface area (Å²) in [6.07, 6.45) is 3.97. The van der Waals surface area contributed by atoms with Gasteiger partial charge in [0.1, 0.15) is 5.69 Å². The van der Waals surface area contributed by atoms with Crippen LogP contribution in [0.2, 0.25) is 0 Å². The maximum Gasteiger partial charge on any atom is 0.269 e. The second kappa shape index (κ2) is 8.12. The molecule has 0 saturated carbocycles. The number of aryl methyl sites for hydroxylation is 1. The minimum atomic E-state index is -0.152. The molecule has 2 aromatic rings. The Morgan fingerprint density at radius 2 is 2.20 bits per heavy atom. The monoisotopic (exact) mass is 339 g/mol. The van der Waals surface area contributed by atoms with Gasteiger partial charge in [0.2, 0.25) is 0 Å². The molecule has 3 rings (SSSR count). The second-order valence-electron chi connectivity index (χ2n) is 6.33. The first-order valence-electron chi connectivity index (χ1n) is 8.87. The molecule has 0 bridgehead atoms. The van der Waals surface area contributed by atoms with Crippen LogP contribution in [0.15, 0.2) is 42.6 Å². The minimum absolute atomic E-state index is 0.139. The molecule has 0 spiro atoms. The fraction of sp³-hybridized carbons (Fsp3) is 0.400. The predicted octanol–water partition coefficient (Wildman–Crippen LogP) is 3.46. The molecule has 1 aromatic heterocycles. The van der Waals surface area contributed by atoms with Crippen LogP contribution in [0.25, 0.3) is 0 Å². The van der Waals surface area contributed by atoms with Gasteiger partial charge in [0.25, 0.3) is 5.91 Å². The van der Waals surface area contributed by atoms with Gasteiger partial charge in [0.15, 0.2) is 0 Å². The molecule has 1 fully saturated rings. The molecule has 1 amide bonds. The van der Waals surface area contributed by atoms with Gasteiger partial charge in [-0.25, -0.2) is 4.98 Å². The average Bonchev–Trinajstić information content (AvgIpc) is 3.15. The van der Waals surface area contributed by atoms with Crippen molar-refractivity contribution in [3.63, 3.8) is 0 Å². The number of nitrogens with zero attached hydrogens (tertiary/aromatic N) is 2. The third-order valence-corrected chi connectivity index (χ3v) is 4.44. The van der Waals surface area contributed by atoms with E-state index in [0.717, 1.165) is 37.4 Å². The molecule has 2 heterocycles. The van der Waals surface area contributed by atoms with Gasteiger partial charge >= 0.3 is 0 Å². The lowest BCUT2D eigenvalue weighted by molar-refractivity contribution is 0.0854. The molecule has 1 aromatic carbocycles. The Morgan fingerprint density at radius 3 is 2.84 bits per heavy atom. The number of hydrogen-bond acceptors (Lipinski definition) is 4. The van der Waals surface area contributed by atoms with E-state index in [1.54, 1.807) is 12.3 Å². The van der Waals surface area contributed by atoms with E-state index >= 15 is 0 Å². The Hall–Kier alpha value is -2.40. The lowest BCUT2D eigenvalue weighted by atomic mass is 10.2. The van der Waals surface area contributed by atoms with Crippen molar-refractivity contribution in [2.75, 3.05) is 24.6 Å². The largest absolute Gasteiger partial charge is 0.376 e. The molecule has 1 unspecified atom stereocenters. The highest BCUT2D eigenvalue weighted by molar-refractivity contribution is 5.92. The number of anilines is 2. The molecule has 1 aliphatic rings. The quantitative estimate of drug-likeness (QED) is 0.876. The van der Waals surface area contributed by atoms with Crippen molar-refractivity contribution in [1.29, 1.82) is 0 Å². The Labute approximate surface area is 149 Å². The van der Waals surface area contributed by atoms with Crippen LogP contribution in [0, 0.1) is 6.92 Å². The van der Waals surface area contributed by atoms with E-state index in [1.807, 2.05) is 12.1 Å². The van der Waals surface area contributed by atoms with Crippen LogP contribution in [-0.2, 0) is 4.74 Å². The van der Waals surface area contributed by atoms with E-state index in [1.165, 1.54) is 5.56 Å². The average molecular weight is 339 g/mol. The number of hydrogen-bond donors (Lipinski definition) is 1. The van der Waals surface area contributed by atoms with Gasteiger partial charge in [-0.15, -0.1) is 0 Å². The van der Waals surface area contributed by atoms with Crippen molar-refractivity contribution < 1.29 is 9.53 Å². The first-order valence-corrected chi connectivity index (χ1v) is 8.87. The molecule has 1 saturated heterocycles. The van der Waals surface area contributed by atoms with Crippen LogP contribution in [0.3, 0.4) is 0 Å². The molecular formula is C20H25N3O2. The number of carbonyl (C=O) groups excluding carboxylic acids is 1. The maximum absolute atomic E-state index is 12.2. The fourth-order valence-corrected chi connectivity index (χ4v) is 3.09. The van der Waals surface area contributed by atoms with Gasteiger partial charge in [-0.3, -0.25) is 4.79 Å². The Morgan fingerprint density at radius 1 is 1.32 bits per heavy atom. The molecule has 25 heavy (non-hydrogen) atoms. The summed E-state index contributed by atoms with van der Waals surface area (Å²) in [5.41, 5.74) is 3.75. The standard InChI is InChI=1S/C20H25N3O2/c1-3-23(16-7-4-6-15(2)12-16)17-9-10-19(21-13-17)20(24)22-14-18-8-5-11-25-18/h4,6-7,9-10,12-13,18H,3,5,8,11,14H2,1-2H3,(H,22,24). The van der Waals surface area contributed by atoms with Crippen LogP contribution >= 0.6 is 0 Å². The Balaban J connectivity index is 1.66. The van der Waals surface area contributed by atoms with Gasteiger partial charge < -0.3 is 15.0 Å². The summed E-state index contributed by atoms with van der Waals surface area (Å²) in [5, 5.41) is 2.90. The first-order chi connectivity index (χ1) is 12.2. The predicted molar refractivity (Wildman–Crippen MR) is 99.4 cm³/mol. The van der Waals surface area contributed by atoms with Crippen LogP contribution in [-0.4, -0.2) is 36.7 Å². The molecule has 0 aliphatic carbocycles. The van der Waals surface area contributed by atoms with E-state index in [-0.39, 0.29) is 12.0 Å². The molecule has 132 valence electrons. The maximum atomic E-state index is 12.2. The lowest BCUT2D eigenvalue weighted by Gasteiger charge is -2.23. The zero-order valence-corrected chi connectivity index (χ0v) is 14.9. The molecule has 1 N–H and O–H groups in total. The van der Waals surface area contributed by atoms with E-state index in [9.17, 15) is 4.79 Å². The number of benzene rings is 1. The van der Waals surface area contributed by atoms with E-state index in [2.05, 4.69) is 47.2 Å². The summed E-state index contributed by atoms with van der Waals surface area (Å²) in [4.78, 5) is 18.7. The zero-order chi connectivity index (χ0) is 17.6. The summed E-state index contributed by atoms with van der Waals surface area (Å²) >= 11 is 0. The van der Waals surface area contributed by atoms with Crippen LogP contribution in [0.5, 0.6) is 0 Å². The van der Waals surface area contributed by atoms with Gasteiger partial charge in [-0.1, -0.05) is 12.1 Å². The van der Waals surface area contributed by atoms with E-state index < -0.39 is 0 Å². The molecule has 5 nitrogen and oxygen atoms in total. The number of ether oxygens (including phenoxy) is 1. The molecule has 0 radical (unpaired) electrons. The van der Waals surface area contributed by atoms with Gasteiger partial charge in [0, 0.05) is 25.4 Å². The van der Waals surface area contributed by atoms with E-state index in [0.29, 0.717) is 12.2 Å². The number of carbonyl (C=O) groups is 1. The molecule has 5 heteroatoms. The third-order valence-electron chi connectivity index (χ3n) is 4.44. The normalized spacial score (nSPS) is 16.6. The molecular weight excluding hydrogens is 314 g/mol.